The van der Waals surface area contributed by atoms with E-state index < -0.39 is 11.9 Å². The average Bonchev–Trinajstić information content (AvgIpc) is 2.88. The summed E-state index contributed by atoms with van der Waals surface area (Å²) in [5.41, 5.74) is 3.86. The van der Waals surface area contributed by atoms with E-state index in [-0.39, 0.29) is 0 Å². The number of nitrogens with zero attached hydrogens (tertiary/aromatic N) is 1. The maximum atomic E-state index is 11.1. The number of fused-ring (bicyclic) bond motifs is 1. The van der Waals surface area contributed by atoms with Crippen LogP contribution in [-0.2, 0) is 11.2 Å². The molecule has 0 amide bonds. The van der Waals surface area contributed by atoms with E-state index in [0.717, 1.165) is 29.1 Å². The summed E-state index contributed by atoms with van der Waals surface area (Å²) < 4.78 is 0. The minimum absolute atomic E-state index is 0.450. The number of carboxylic acid groups (broad SMARTS) is 1. The lowest BCUT2D eigenvalue weighted by atomic mass is 10.1. The molecule has 1 aromatic heterocycles. The zero-order chi connectivity index (χ0) is 12.7. The first-order valence-corrected chi connectivity index (χ1v) is 6.04. The summed E-state index contributed by atoms with van der Waals surface area (Å²) in [4.78, 5) is 18.9. The Hall–Kier alpha value is -2.10. The van der Waals surface area contributed by atoms with Gasteiger partial charge in [-0.05, 0) is 25.3 Å². The number of hydrogen-bond acceptors (Lipinski definition) is 2. The number of carbonyl (C=O) groups is 1. The van der Waals surface area contributed by atoms with Crippen molar-refractivity contribution < 1.29 is 9.90 Å². The molecule has 3 rings (SSSR count). The molecule has 0 spiro atoms. The van der Waals surface area contributed by atoms with E-state index >= 15 is 0 Å². The third-order valence-electron chi connectivity index (χ3n) is 3.52. The molecule has 1 aliphatic rings. The van der Waals surface area contributed by atoms with Crippen LogP contribution in [-0.4, -0.2) is 21.0 Å². The van der Waals surface area contributed by atoms with Gasteiger partial charge in [-0.25, -0.2) is 4.98 Å². The van der Waals surface area contributed by atoms with E-state index in [4.69, 9.17) is 5.11 Å². The van der Waals surface area contributed by atoms with Gasteiger partial charge in [0.1, 0.15) is 11.7 Å². The molecule has 1 unspecified atom stereocenters. The third kappa shape index (κ3) is 1.61. The van der Waals surface area contributed by atoms with Crippen LogP contribution in [0.1, 0.15) is 29.3 Å². The highest BCUT2D eigenvalue weighted by Crippen LogP contribution is 2.34. The first-order chi connectivity index (χ1) is 8.66. The van der Waals surface area contributed by atoms with Crippen LogP contribution in [0.25, 0.3) is 11.4 Å². The fraction of sp³-hybridized carbons (Fsp3) is 0.286. The van der Waals surface area contributed by atoms with Crippen LogP contribution in [0.5, 0.6) is 0 Å². The number of hydrogen-bond donors (Lipinski definition) is 2. The molecule has 0 bridgehead atoms. The number of rotatable bonds is 2. The summed E-state index contributed by atoms with van der Waals surface area (Å²) in [6.07, 6.45) is 1.42. The lowest BCUT2D eigenvalue weighted by Crippen LogP contribution is -2.08. The minimum atomic E-state index is -0.781. The molecule has 0 radical (unpaired) electrons. The van der Waals surface area contributed by atoms with Crippen molar-refractivity contribution >= 4 is 5.97 Å². The van der Waals surface area contributed by atoms with Crippen molar-refractivity contribution in [1.82, 2.24) is 9.97 Å². The number of aryl methyl sites for hydroxylation is 2. The summed E-state index contributed by atoms with van der Waals surface area (Å²) in [5, 5.41) is 9.14. The van der Waals surface area contributed by atoms with Crippen molar-refractivity contribution in [2.75, 3.05) is 0 Å². The largest absolute Gasteiger partial charge is 0.481 e. The van der Waals surface area contributed by atoms with Crippen molar-refractivity contribution in [3.8, 4) is 11.4 Å². The molecule has 92 valence electrons. The molecular formula is C14H14N2O2. The highest BCUT2D eigenvalue weighted by Gasteiger charge is 2.32. The Labute approximate surface area is 105 Å². The fourth-order valence-corrected chi connectivity index (χ4v) is 2.53. The highest BCUT2D eigenvalue weighted by molar-refractivity contribution is 5.77. The van der Waals surface area contributed by atoms with Crippen LogP contribution in [0.3, 0.4) is 0 Å². The summed E-state index contributed by atoms with van der Waals surface area (Å²) in [7, 11) is 0. The number of aromatic amines is 1. The topological polar surface area (TPSA) is 66.0 Å². The Balaban J connectivity index is 2.05. The highest BCUT2D eigenvalue weighted by atomic mass is 16.4. The third-order valence-corrected chi connectivity index (χ3v) is 3.52. The number of aliphatic carboxylic acids is 1. The van der Waals surface area contributed by atoms with Crippen LogP contribution in [0, 0.1) is 6.92 Å². The van der Waals surface area contributed by atoms with Gasteiger partial charge in [-0.3, -0.25) is 4.79 Å². The maximum Gasteiger partial charge on any atom is 0.312 e. The van der Waals surface area contributed by atoms with E-state index in [2.05, 4.69) is 9.97 Å². The molecule has 1 heterocycles. The normalized spacial score (nSPS) is 17.7. The summed E-state index contributed by atoms with van der Waals surface area (Å²) in [6.45, 7) is 2.03. The molecule has 18 heavy (non-hydrogen) atoms. The summed E-state index contributed by atoms with van der Waals surface area (Å²) in [6, 6.07) is 7.97. The molecule has 4 nitrogen and oxygen atoms in total. The number of carboxylic acids is 1. The molecule has 1 aromatic carbocycles. The smallest absolute Gasteiger partial charge is 0.312 e. The zero-order valence-electron chi connectivity index (χ0n) is 10.1. The minimum Gasteiger partial charge on any atom is -0.481 e. The molecular weight excluding hydrogens is 228 g/mol. The second-order valence-corrected chi connectivity index (χ2v) is 4.69. The number of nitrogens with one attached hydrogen (secondary N) is 1. The molecule has 0 aliphatic heterocycles. The Morgan fingerprint density at radius 2 is 2.22 bits per heavy atom. The van der Waals surface area contributed by atoms with Crippen LogP contribution < -0.4 is 0 Å². The predicted molar refractivity (Wildman–Crippen MR) is 67.5 cm³/mol. The van der Waals surface area contributed by atoms with Gasteiger partial charge in [-0.15, -0.1) is 0 Å². The van der Waals surface area contributed by atoms with E-state index in [1.165, 1.54) is 0 Å². The molecule has 1 atom stereocenters. The standard InChI is InChI=1S/C14H14N2O2/c1-8-4-2-3-5-9(8)13-15-11-7-6-10(14(17)18)12(11)16-13/h2-5,10H,6-7H2,1H3,(H,15,16)(H,17,18). The molecule has 0 saturated carbocycles. The van der Waals surface area contributed by atoms with Gasteiger partial charge in [0.25, 0.3) is 0 Å². The SMILES string of the molecule is Cc1ccccc1-c1nc2c([nH]1)CCC2C(=O)O. The van der Waals surface area contributed by atoms with E-state index in [9.17, 15) is 4.79 Å². The van der Waals surface area contributed by atoms with Gasteiger partial charge in [0.15, 0.2) is 0 Å². The van der Waals surface area contributed by atoms with Gasteiger partial charge >= 0.3 is 5.97 Å². The summed E-state index contributed by atoms with van der Waals surface area (Å²) in [5.74, 6) is -0.449. The van der Waals surface area contributed by atoms with Gasteiger partial charge in [0, 0.05) is 11.3 Å². The lowest BCUT2D eigenvalue weighted by Gasteiger charge is -2.03. The van der Waals surface area contributed by atoms with E-state index in [1.807, 2.05) is 31.2 Å². The molecule has 0 fully saturated rings. The molecule has 2 N–H and O–H groups in total. The number of benzene rings is 1. The van der Waals surface area contributed by atoms with Gasteiger partial charge in [0.2, 0.25) is 0 Å². The van der Waals surface area contributed by atoms with E-state index in [1.54, 1.807) is 0 Å². The van der Waals surface area contributed by atoms with Crippen molar-refractivity contribution in [2.24, 2.45) is 0 Å². The number of H-pyrrole nitrogens is 1. The molecule has 2 aromatic rings. The monoisotopic (exact) mass is 242 g/mol. The van der Waals surface area contributed by atoms with Crippen LogP contribution >= 0.6 is 0 Å². The Bertz CT molecular complexity index is 616. The van der Waals surface area contributed by atoms with E-state index in [0.29, 0.717) is 12.1 Å². The van der Waals surface area contributed by atoms with Gasteiger partial charge in [-0.1, -0.05) is 24.3 Å². The Kier molecular flexibility index (Phi) is 2.44. The Morgan fingerprint density at radius 1 is 1.44 bits per heavy atom. The van der Waals surface area contributed by atoms with Gasteiger partial charge in [0.05, 0.1) is 5.69 Å². The molecule has 1 aliphatic carbocycles. The van der Waals surface area contributed by atoms with Gasteiger partial charge in [-0.2, -0.15) is 0 Å². The number of imidazole rings is 1. The summed E-state index contributed by atoms with van der Waals surface area (Å²) >= 11 is 0. The second-order valence-electron chi connectivity index (χ2n) is 4.69. The van der Waals surface area contributed by atoms with Crippen molar-refractivity contribution in [2.45, 2.75) is 25.7 Å². The van der Waals surface area contributed by atoms with Crippen LogP contribution in [0.15, 0.2) is 24.3 Å². The van der Waals surface area contributed by atoms with Crippen molar-refractivity contribution in [3.05, 3.63) is 41.2 Å². The Morgan fingerprint density at radius 3 is 2.94 bits per heavy atom. The maximum absolute atomic E-state index is 11.1. The van der Waals surface area contributed by atoms with Crippen molar-refractivity contribution in [1.29, 1.82) is 0 Å². The van der Waals surface area contributed by atoms with Crippen LogP contribution in [0.2, 0.25) is 0 Å². The quantitative estimate of drug-likeness (QED) is 0.850. The zero-order valence-corrected chi connectivity index (χ0v) is 10.1. The first-order valence-electron chi connectivity index (χ1n) is 6.04. The number of aromatic nitrogens is 2. The molecule has 4 heteroatoms. The van der Waals surface area contributed by atoms with Gasteiger partial charge < -0.3 is 10.1 Å². The lowest BCUT2D eigenvalue weighted by molar-refractivity contribution is -0.138. The predicted octanol–water partition coefficient (Wildman–Crippen LogP) is 2.50. The first kappa shape index (κ1) is 11.0. The second kappa shape index (κ2) is 3.98. The fourth-order valence-electron chi connectivity index (χ4n) is 2.53. The molecule has 0 saturated heterocycles. The van der Waals surface area contributed by atoms with Crippen molar-refractivity contribution in [3.63, 3.8) is 0 Å². The average molecular weight is 242 g/mol. The van der Waals surface area contributed by atoms with Crippen LogP contribution in [0.4, 0.5) is 0 Å².